The van der Waals surface area contributed by atoms with E-state index in [4.69, 9.17) is 0 Å². The first-order chi connectivity index (χ1) is 10.7. The Morgan fingerprint density at radius 3 is 2.77 bits per heavy atom. The SMILES string of the molecule is O=C(CNc1ncnc2ccccc12)NC1CCC(O)CC1. The molecule has 22 heavy (non-hydrogen) atoms. The second-order valence-corrected chi connectivity index (χ2v) is 5.67. The molecule has 0 saturated heterocycles. The first-order valence-corrected chi connectivity index (χ1v) is 7.63. The van der Waals surface area contributed by atoms with Crippen LogP contribution in [-0.2, 0) is 4.79 Å². The van der Waals surface area contributed by atoms with E-state index in [1.165, 1.54) is 6.33 Å². The minimum atomic E-state index is -0.210. The molecule has 6 heteroatoms. The van der Waals surface area contributed by atoms with Crippen molar-refractivity contribution >= 4 is 22.6 Å². The molecule has 1 saturated carbocycles. The molecule has 0 bridgehead atoms. The number of rotatable bonds is 4. The summed E-state index contributed by atoms with van der Waals surface area (Å²) in [6.45, 7) is 0.181. The fourth-order valence-corrected chi connectivity index (χ4v) is 2.81. The van der Waals surface area contributed by atoms with Crippen LogP contribution in [0.3, 0.4) is 0 Å². The van der Waals surface area contributed by atoms with E-state index in [2.05, 4.69) is 20.6 Å². The number of fused-ring (bicyclic) bond motifs is 1. The van der Waals surface area contributed by atoms with Crippen LogP contribution in [0.25, 0.3) is 10.9 Å². The highest BCUT2D eigenvalue weighted by Crippen LogP contribution is 2.19. The number of aromatic nitrogens is 2. The van der Waals surface area contributed by atoms with Crippen molar-refractivity contribution in [2.45, 2.75) is 37.8 Å². The average molecular weight is 300 g/mol. The molecule has 0 unspecified atom stereocenters. The van der Waals surface area contributed by atoms with Gasteiger partial charge in [0.15, 0.2) is 0 Å². The van der Waals surface area contributed by atoms with Crippen molar-refractivity contribution < 1.29 is 9.90 Å². The van der Waals surface area contributed by atoms with Crippen molar-refractivity contribution in [2.75, 3.05) is 11.9 Å². The van der Waals surface area contributed by atoms with Gasteiger partial charge in [-0.25, -0.2) is 9.97 Å². The smallest absolute Gasteiger partial charge is 0.239 e. The molecule has 0 spiro atoms. The molecule has 1 fully saturated rings. The van der Waals surface area contributed by atoms with Crippen LogP contribution in [0.15, 0.2) is 30.6 Å². The summed E-state index contributed by atoms with van der Waals surface area (Å²) >= 11 is 0. The van der Waals surface area contributed by atoms with Gasteiger partial charge in [-0.05, 0) is 37.8 Å². The van der Waals surface area contributed by atoms with Crippen molar-refractivity contribution in [2.24, 2.45) is 0 Å². The number of hydrogen-bond acceptors (Lipinski definition) is 5. The summed E-state index contributed by atoms with van der Waals surface area (Å²) in [4.78, 5) is 20.4. The molecule has 3 rings (SSSR count). The lowest BCUT2D eigenvalue weighted by atomic mass is 9.93. The van der Waals surface area contributed by atoms with Crippen LogP contribution in [0.1, 0.15) is 25.7 Å². The van der Waals surface area contributed by atoms with Gasteiger partial charge in [0.05, 0.1) is 18.2 Å². The number of hydrogen-bond donors (Lipinski definition) is 3. The van der Waals surface area contributed by atoms with Gasteiger partial charge in [-0.3, -0.25) is 4.79 Å². The second-order valence-electron chi connectivity index (χ2n) is 5.67. The lowest BCUT2D eigenvalue weighted by Crippen LogP contribution is -2.41. The lowest BCUT2D eigenvalue weighted by molar-refractivity contribution is -0.120. The average Bonchev–Trinajstić information content (AvgIpc) is 2.55. The number of anilines is 1. The van der Waals surface area contributed by atoms with Crippen LogP contribution in [0, 0.1) is 0 Å². The first-order valence-electron chi connectivity index (χ1n) is 7.63. The maximum Gasteiger partial charge on any atom is 0.239 e. The Bertz CT molecular complexity index is 648. The van der Waals surface area contributed by atoms with Crippen molar-refractivity contribution in [3.05, 3.63) is 30.6 Å². The van der Waals surface area contributed by atoms with Gasteiger partial charge in [-0.1, -0.05) is 12.1 Å². The normalized spacial score (nSPS) is 21.5. The summed E-state index contributed by atoms with van der Waals surface area (Å²) in [7, 11) is 0. The Morgan fingerprint density at radius 2 is 1.95 bits per heavy atom. The summed E-state index contributed by atoms with van der Waals surface area (Å²) in [5, 5.41) is 16.5. The zero-order valence-electron chi connectivity index (χ0n) is 12.3. The minimum absolute atomic E-state index is 0.0518. The highest BCUT2D eigenvalue weighted by Gasteiger charge is 2.20. The van der Waals surface area contributed by atoms with E-state index >= 15 is 0 Å². The molecule has 116 valence electrons. The summed E-state index contributed by atoms with van der Waals surface area (Å²) in [5.74, 6) is 0.615. The fraction of sp³-hybridized carbons (Fsp3) is 0.438. The Hall–Kier alpha value is -2.21. The molecule has 1 aromatic carbocycles. The highest BCUT2D eigenvalue weighted by atomic mass is 16.3. The fourth-order valence-electron chi connectivity index (χ4n) is 2.81. The molecular weight excluding hydrogens is 280 g/mol. The van der Waals surface area contributed by atoms with Crippen molar-refractivity contribution in [3.8, 4) is 0 Å². The van der Waals surface area contributed by atoms with Gasteiger partial charge >= 0.3 is 0 Å². The molecule has 6 nitrogen and oxygen atoms in total. The number of para-hydroxylation sites is 1. The number of aliphatic hydroxyl groups excluding tert-OH is 1. The van der Waals surface area contributed by atoms with Crippen molar-refractivity contribution in [1.29, 1.82) is 0 Å². The van der Waals surface area contributed by atoms with Gasteiger partial charge in [-0.2, -0.15) is 0 Å². The Morgan fingerprint density at radius 1 is 1.18 bits per heavy atom. The molecule has 0 radical (unpaired) electrons. The molecule has 1 aromatic heterocycles. The molecule has 3 N–H and O–H groups in total. The number of benzene rings is 1. The maximum absolute atomic E-state index is 12.0. The number of nitrogens with zero attached hydrogens (tertiary/aromatic N) is 2. The monoisotopic (exact) mass is 300 g/mol. The predicted molar refractivity (Wildman–Crippen MR) is 84.4 cm³/mol. The molecule has 2 aromatic rings. The second kappa shape index (κ2) is 6.70. The third-order valence-electron chi connectivity index (χ3n) is 4.02. The number of aliphatic hydroxyl groups is 1. The van der Waals surface area contributed by atoms with Gasteiger partial charge in [-0.15, -0.1) is 0 Å². The number of amides is 1. The van der Waals surface area contributed by atoms with Crippen LogP contribution in [0.2, 0.25) is 0 Å². The summed E-state index contributed by atoms with van der Waals surface area (Å²) < 4.78 is 0. The van der Waals surface area contributed by atoms with E-state index in [1.807, 2.05) is 24.3 Å². The molecule has 1 aliphatic carbocycles. The van der Waals surface area contributed by atoms with Crippen LogP contribution >= 0.6 is 0 Å². The topological polar surface area (TPSA) is 87.1 Å². The molecular formula is C16H20N4O2. The Balaban J connectivity index is 1.56. The van der Waals surface area contributed by atoms with Gasteiger partial charge in [0, 0.05) is 11.4 Å². The Labute approximate surface area is 129 Å². The summed E-state index contributed by atoms with van der Waals surface area (Å²) in [6.07, 6.45) is 4.47. The maximum atomic E-state index is 12.0. The van der Waals surface area contributed by atoms with Crippen molar-refractivity contribution in [3.63, 3.8) is 0 Å². The van der Waals surface area contributed by atoms with Gasteiger partial charge < -0.3 is 15.7 Å². The minimum Gasteiger partial charge on any atom is -0.393 e. The molecule has 0 aliphatic heterocycles. The van der Waals surface area contributed by atoms with E-state index in [1.54, 1.807) is 0 Å². The first kappa shape index (κ1) is 14.7. The van der Waals surface area contributed by atoms with E-state index in [9.17, 15) is 9.90 Å². The third-order valence-corrected chi connectivity index (χ3v) is 4.02. The van der Waals surface area contributed by atoms with E-state index in [0.717, 1.165) is 36.6 Å². The standard InChI is InChI=1S/C16H20N4O2/c21-12-7-5-11(6-8-12)20-15(22)9-17-16-13-3-1-2-4-14(13)18-10-19-16/h1-4,10-12,21H,5-9H2,(H,20,22)(H,17,18,19). The molecule has 0 atom stereocenters. The predicted octanol–water partition coefficient (Wildman–Crippen LogP) is 1.46. The Kier molecular flexibility index (Phi) is 4.48. The van der Waals surface area contributed by atoms with E-state index < -0.39 is 0 Å². The molecule has 1 aliphatic rings. The number of carbonyl (C=O) groups is 1. The zero-order chi connectivity index (χ0) is 15.4. The van der Waals surface area contributed by atoms with Crippen LogP contribution < -0.4 is 10.6 Å². The van der Waals surface area contributed by atoms with Gasteiger partial charge in [0.2, 0.25) is 5.91 Å². The zero-order valence-corrected chi connectivity index (χ0v) is 12.3. The molecule has 1 heterocycles. The van der Waals surface area contributed by atoms with Crippen LogP contribution in [0.5, 0.6) is 0 Å². The highest BCUT2D eigenvalue weighted by molar-refractivity contribution is 5.90. The van der Waals surface area contributed by atoms with Gasteiger partial charge in [0.1, 0.15) is 12.1 Å². The summed E-state index contributed by atoms with van der Waals surface area (Å²) in [5.41, 5.74) is 0.849. The quantitative estimate of drug-likeness (QED) is 0.796. The molecule has 1 amide bonds. The lowest BCUT2D eigenvalue weighted by Gasteiger charge is -2.26. The third kappa shape index (κ3) is 3.51. The largest absolute Gasteiger partial charge is 0.393 e. The van der Waals surface area contributed by atoms with Crippen molar-refractivity contribution in [1.82, 2.24) is 15.3 Å². The van der Waals surface area contributed by atoms with Gasteiger partial charge in [0.25, 0.3) is 0 Å². The van der Waals surface area contributed by atoms with E-state index in [-0.39, 0.29) is 24.6 Å². The van der Waals surface area contributed by atoms with Crippen LogP contribution in [-0.4, -0.2) is 39.7 Å². The van der Waals surface area contributed by atoms with Crippen LogP contribution in [0.4, 0.5) is 5.82 Å². The number of carbonyl (C=O) groups excluding carboxylic acids is 1. The van der Waals surface area contributed by atoms with E-state index in [0.29, 0.717) is 5.82 Å². The summed E-state index contributed by atoms with van der Waals surface area (Å²) in [6, 6.07) is 7.85. The number of nitrogens with one attached hydrogen (secondary N) is 2.